The first-order valence-electron chi connectivity index (χ1n) is 6.67. The lowest BCUT2D eigenvalue weighted by Crippen LogP contribution is -2.54. The molecule has 1 saturated heterocycles. The lowest BCUT2D eigenvalue weighted by atomic mass is 9.66. The van der Waals surface area contributed by atoms with Gasteiger partial charge in [-0.15, -0.1) is 0 Å². The Morgan fingerprint density at radius 2 is 2.24 bits per heavy atom. The molecule has 3 aliphatic rings. The van der Waals surface area contributed by atoms with Crippen LogP contribution in [0.3, 0.4) is 0 Å². The first-order chi connectivity index (χ1) is 7.95. The van der Waals surface area contributed by atoms with Gasteiger partial charge in [-0.1, -0.05) is 20.8 Å². The predicted molar refractivity (Wildman–Crippen MR) is 63.9 cm³/mol. The number of rotatable bonds is 1. The van der Waals surface area contributed by atoms with Crippen LogP contribution in [-0.4, -0.2) is 22.9 Å². The van der Waals surface area contributed by atoms with E-state index in [0.717, 1.165) is 19.4 Å². The first-order valence-corrected chi connectivity index (χ1v) is 6.67. The SMILES string of the molecule is CCC(=O)N1CC2(C)C3CCC2(C)C1(C#N)C3. The number of nitrogens with zero attached hydrogens (tertiary/aromatic N) is 2. The number of hydrogen-bond acceptors (Lipinski definition) is 2. The van der Waals surface area contributed by atoms with Crippen LogP contribution in [-0.2, 0) is 4.79 Å². The van der Waals surface area contributed by atoms with E-state index in [9.17, 15) is 10.1 Å². The van der Waals surface area contributed by atoms with Crippen LogP contribution in [0.4, 0.5) is 0 Å². The van der Waals surface area contributed by atoms with Gasteiger partial charge in [0, 0.05) is 18.4 Å². The third-order valence-corrected chi connectivity index (χ3v) is 6.34. The highest BCUT2D eigenvalue weighted by molar-refractivity contribution is 5.79. The molecule has 0 N–H and O–H groups in total. The fourth-order valence-electron chi connectivity index (χ4n) is 5.00. The van der Waals surface area contributed by atoms with Crippen molar-refractivity contribution in [3.63, 3.8) is 0 Å². The van der Waals surface area contributed by atoms with Crippen LogP contribution in [0, 0.1) is 28.1 Å². The minimum atomic E-state index is -0.502. The fourth-order valence-corrected chi connectivity index (χ4v) is 5.00. The van der Waals surface area contributed by atoms with Crippen molar-refractivity contribution in [2.24, 2.45) is 16.7 Å². The summed E-state index contributed by atoms with van der Waals surface area (Å²) >= 11 is 0. The average molecular weight is 232 g/mol. The lowest BCUT2D eigenvalue weighted by molar-refractivity contribution is -0.137. The number of likely N-dealkylation sites (tertiary alicyclic amines) is 1. The van der Waals surface area contributed by atoms with Crippen LogP contribution in [0.15, 0.2) is 0 Å². The molecule has 17 heavy (non-hydrogen) atoms. The summed E-state index contributed by atoms with van der Waals surface area (Å²) in [5.41, 5.74) is -0.310. The third-order valence-electron chi connectivity index (χ3n) is 6.34. The van der Waals surface area contributed by atoms with Crippen molar-refractivity contribution in [3.05, 3.63) is 0 Å². The maximum absolute atomic E-state index is 12.1. The van der Waals surface area contributed by atoms with Crippen molar-refractivity contribution in [2.45, 2.75) is 52.0 Å². The summed E-state index contributed by atoms with van der Waals surface area (Å²) in [6, 6.07) is 2.54. The molecule has 92 valence electrons. The van der Waals surface area contributed by atoms with Crippen molar-refractivity contribution in [1.82, 2.24) is 4.90 Å². The molecule has 4 unspecified atom stereocenters. The normalized spacial score (nSPS) is 50.7. The van der Waals surface area contributed by atoms with Crippen molar-refractivity contribution >= 4 is 5.91 Å². The first kappa shape index (κ1) is 11.1. The summed E-state index contributed by atoms with van der Waals surface area (Å²) in [5.74, 6) is 0.801. The Balaban J connectivity index is 2.13. The zero-order valence-corrected chi connectivity index (χ0v) is 10.9. The topological polar surface area (TPSA) is 44.1 Å². The molecule has 0 aromatic heterocycles. The molecule has 0 spiro atoms. The Kier molecular flexibility index (Phi) is 1.86. The number of hydrogen-bond donors (Lipinski definition) is 0. The molecule has 2 saturated carbocycles. The van der Waals surface area contributed by atoms with Crippen molar-refractivity contribution in [1.29, 1.82) is 5.26 Å². The molecule has 0 aromatic carbocycles. The number of carbonyl (C=O) groups is 1. The van der Waals surface area contributed by atoms with Gasteiger partial charge in [0.15, 0.2) is 0 Å². The van der Waals surface area contributed by atoms with Gasteiger partial charge in [0.1, 0.15) is 5.54 Å². The van der Waals surface area contributed by atoms with Gasteiger partial charge in [-0.25, -0.2) is 0 Å². The zero-order valence-electron chi connectivity index (χ0n) is 10.9. The van der Waals surface area contributed by atoms with E-state index in [2.05, 4.69) is 19.9 Å². The molecule has 4 bridgehead atoms. The molecule has 0 aromatic rings. The smallest absolute Gasteiger partial charge is 0.223 e. The summed E-state index contributed by atoms with van der Waals surface area (Å²) in [6.07, 6.45) is 3.77. The highest BCUT2D eigenvalue weighted by atomic mass is 16.2. The second kappa shape index (κ2) is 2.85. The van der Waals surface area contributed by atoms with Gasteiger partial charge >= 0.3 is 0 Å². The average Bonchev–Trinajstić information content (AvgIpc) is 2.78. The zero-order chi connectivity index (χ0) is 12.5. The van der Waals surface area contributed by atoms with Gasteiger partial charge in [0.05, 0.1) is 6.07 Å². The molecule has 3 rings (SSSR count). The van der Waals surface area contributed by atoms with E-state index in [0.29, 0.717) is 12.3 Å². The van der Waals surface area contributed by atoms with Crippen LogP contribution in [0.25, 0.3) is 0 Å². The summed E-state index contributed by atoms with van der Waals surface area (Å²) in [4.78, 5) is 14.0. The summed E-state index contributed by atoms with van der Waals surface area (Å²) in [5, 5.41) is 9.72. The minimum Gasteiger partial charge on any atom is -0.323 e. The minimum absolute atomic E-state index is 0.0181. The van der Waals surface area contributed by atoms with E-state index >= 15 is 0 Å². The van der Waals surface area contributed by atoms with Crippen LogP contribution in [0.1, 0.15) is 46.5 Å². The summed E-state index contributed by atoms with van der Waals surface area (Å²) in [7, 11) is 0. The summed E-state index contributed by atoms with van der Waals surface area (Å²) < 4.78 is 0. The highest BCUT2D eigenvalue weighted by Crippen LogP contribution is 2.75. The van der Waals surface area contributed by atoms with Gasteiger partial charge in [-0.3, -0.25) is 4.79 Å². The van der Waals surface area contributed by atoms with Crippen LogP contribution in [0.2, 0.25) is 0 Å². The molecule has 3 fully saturated rings. The van der Waals surface area contributed by atoms with Gasteiger partial charge in [0.25, 0.3) is 0 Å². The van der Waals surface area contributed by atoms with Crippen LogP contribution in [0.5, 0.6) is 0 Å². The number of nitriles is 1. The maximum Gasteiger partial charge on any atom is 0.223 e. The molecule has 3 heteroatoms. The van der Waals surface area contributed by atoms with Gasteiger partial charge in [-0.2, -0.15) is 5.26 Å². The molecular formula is C14H20N2O. The van der Waals surface area contributed by atoms with E-state index in [4.69, 9.17) is 0 Å². The Hall–Kier alpha value is -1.04. The Morgan fingerprint density at radius 3 is 2.76 bits per heavy atom. The van der Waals surface area contributed by atoms with Crippen LogP contribution < -0.4 is 0 Å². The van der Waals surface area contributed by atoms with Crippen LogP contribution >= 0.6 is 0 Å². The van der Waals surface area contributed by atoms with Gasteiger partial charge in [0.2, 0.25) is 5.91 Å². The predicted octanol–water partition coefficient (Wildman–Crippen LogP) is 2.33. The van der Waals surface area contributed by atoms with E-state index in [-0.39, 0.29) is 16.7 Å². The lowest BCUT2D eigenvalue weighted by Gasteiger charge is -2.43. The molecule has 4 atom stereocenters. The molecule has 2 aliphatic carbocycles. The molecular weight excluding hydrogens is 212 g/mol. The number of carbonyl (C=O) groups excluding carboxylic acids is 1. The monoisotopic (exact) mass is 232 g/mol. The highest BCUT2D eigenvalue weighted by Gasteiger charge is 2.78. The van der Waals surface area contributed by atoms with Crippen molar-refractivity contribution < 1.29 is 4.79 Å². The molecule has 1 heterocycles. The third kappa shape index (κ3) is 0.863. The standard InChI is InChI=1S/C14H20N2O/c1-4-11(17)16-9-12(2)10-5-6-13(12,3)14(16,7-10)8-15/h10H,4-7,9H2,1-3H3. The maximum atomic E-state index is 12.1. The van der Waals surface area contributed by atoms with Gasteiger partial charge < -0.3 is 4.90 Å². The van der Waals surface area contributed by atoms with Crippen molar-refractivity contribution in [2.75, 3.05) is 6.54 Å². The Morgan fingerprint density at radius 1 is 1.53 bits per heavy atom. The molecule has 0 radical (unpaired) electrons. The Bertz CT molecular complexity index is 440. The second-order valence-electron chi connectivity index (χ2n) is 6.49. The number of amides is 1. The molecule has 1 aliphatic heterocycles. The molecule has 3 nitrogen and oxygen atoms in total. The van der Waals surface area contributed by atoms with E-state index in [1.165, 1.54) is 6.42 Å². The number of piperidine rings is 1. The fraction of sp³-hybridized carbons (Fsp3) is 0.857. The quantitative estimate of drug-likeness (QED) is 0.696. The van der Waals surface area contributed by atoms with E-state index in [1.807, 2.05) is 11.8 Å². The Labute approximate surface area is 103 Å². The van der Waals surface area contributed by atoms with E-state index < -0.39 is 5.54 Å². The van der Waals surface area contributed by atoms with Gasteiger partial charge in [-0.05, 0) is 30.6 Å². The largest absolute Gasteiger partial charge is 0.323 e. The summed E-state index contributed by atoms with van der Waals surface area (Å²) in [6.45, 7) is 7.23. The van der Waals surface area contributed by atoms with E-state index in [1.54, 1.807) is 0 Å². The molecule has 1 amide bonds. The second-order valence-corrected chi connectivity index (χ2v) is 6.49. The van der Waals surface area contributed by atoms with Crippen molar-refractivity contribution in [3.8, 4) is 6.07 Å².